The lowest BCUT2D eigenvalue weighted by atomic mass is 9.60. The van der Waals surface area contributed by atoms with Gasteiger partial charge in [-0.15, -0.1) is 0 Å². The molecule has 1 spiro atoms. The second-order valence-corrected chi connectivity index (χ2v) is 7.13. The highest BCUT2D eigenvalue weighted by Gasteiger charge is 2.57. The van der Waals surface area contributed by atoms with Gasteiger partial charge in [-0.05, 0) is 43.9 Å². The van der Waals surface area contributed by atoms with Crippen LogP contribution in [0.1, 0.15) is 44.6 Å². The monoisotopic (exact) mass is 327 g/mol. The van der Waals surface area contributed by atoms with Crippen molar-refractivity contribution in [2.45, 2.75) is 57.6 Å². The second-order valence-electron chi connectivity index (χ2n) is 7.13. The Morgan fingerprint density at radius 3 is 3.08 bits per heavy atom. The first kappa shape index (κ1) is 15.6. The van der Waals surface area contributed by atoms with E-state index in [1.54, 1.807) is 6.20 Å². The second kappa shape index (κ2) is 6.20. The Bertz CT molecular complexity index is 733. The summed E-state index contributed by atoms with van der Waals surface area (Å²) < 4.78 is 5.93. The topological polar surface area (TPSA) is 67.0 Å². The molecule has 2 fully saturated rings. The first-order valence-corrected chi connectivity index (χ1v) is 9.05. The van der Waals surface area contributed by atoms with E-state index in [1.807, 2.05) is 18.3 Å². The van der Waals surface area contributed by atoms with Crippen LogP contribution in [-0.4, -0.2) is 34.6 Å². The minimum Gasteiger partial charge on any atom is -0.378 e. The molecule has 0 radical (unpaired) electrons. The van der Waals surface area contributed by atoms with Crippen LogP contribution in [0.25, 0.3) is 11.0 Å². The summed E-state index contributed by atoms with van der Waals surface area (Å²) in [6.45, 7) is 2.81. The Balaban J connectivity index is 1.43. The molecule has 128 valence electrons. The molecule has 4 rings (SSSR count). The Hall–Kier alpha value is -1.88. The quantitative estimate of drug-likeness (QED) is 0.887. The van der Waals surface area contributed by atoms with Crippen LogP contribution in [0, 0.1) is 5.41 Å². The first-order chi connectivity index (χ1) is 11.7. The van der Waals surface area contributed by atoms with Gasteiger partial charge in [0.15, 0.2) is 0 Å². The van der Waals surface area contributed by atoms with Gasteiger partial charge in [0.25, 0.3) is 0 Å². The number of pyridine rings is 1. The molecule has 2 aliphatic carbocycles. The van der Waals surface area contributed by atoms with E-state index in [9.17, 15) is 4.79 Å². The zero-order valence-corrected chi connectivity index (χ0v) is 14.2. The summed E-state index contributed by atoms with van der Waals surface area (Å²) in [6, 6.07) is 4.19. The van der Waals surface area contributed by atoms with Gasteiger partial charge in [0.2, 0.25) is 5.91 Å². The standard InChI is InChI=1S/C19H25N3O2/c1-2-24-16-11-15(19(16)7-3-4-8-19)22-17(23)10-13-12-21-18-14(13)6-5-9-20-18/h5-6,9,12,15-16H,2-4,7-8,10-11H2,1H3,(H,20,21)(H,22,23). The molecule has 0 aliphatic heterocycles. The molecule has 2 atom stereocenters. The number of carbonyl (C=O) groups is 1. The molecule has 2 N–H and O–H groups in total. The number of ether oxygens (including phenoxy) is 1. The van der Waals surface area contributed by atoms with Gasteiger partial charge < -0.3 is 15.0 Å². The lowest BCUT2D eigenvalue weighted by Gasteiger charge is -2.54. The number of aromatic amines is 1. The first-order valence-electron chi connectivity index (χ1n) is 9.05. The number of aromatic nitrogens is 2. The van der Waals surface area contributed by atoms with Crippen LogP contribution in [0.2, 0.25) is 0 Å². The Morgan fingerprint density at radius 1 is 1.46 bits per heavy atom. The normalized spacial score (nSPS) is 25.0. The van der Waals surface area contributed by atoms with Gasteiger partial charge in [-0.3, -0.25) is 4.79 Å². The van der Waals surface area contributed by atoms with Crippen LogP contribution < -0.4 is 5.32 Å². The van der Waals surface area contributed by atoms with Crippen molar-refractivity contribution in [1.29, 1.82) is 0 Å². The molecule has 2 aliphatic rings. The fraction of sp³-hybridized carbons (Fsp3) is 0.579. The van der Waals surface area contributed by atoms with Crippen LogP contribution in [0.5, 0.6) is 0 Å². The number of nitrogens with zero attached hydrogens (tertiary/aromatic N) is 1. The molecular weight excluding hydrogens is 302 g/mol. The van der Waals surface area contributed by atoms with E-state index in [2.05, 4.69) is 22.2 Å². The summed E-state index contributed by atoms with van der Waals surface area (Å²) in [5, 5.41) is 4.32. The zero-order valence-electron chi connectivity index (χ0n) is 14.2. The third kappa shape index (κ3) is 2.51. The lowest BCUT2D eigenvalue weighted by Crippen LogP contribution is -2.63. The van der Waals surface area contributed by atoms with Crippen molar-refractivity contribution >= 4 is 16.9 Å². The molecule has 1 amide bonds. The summed E-state index contributed by atoms with van der Waals surface area (Å²) >= 11 is 0. The largest absolute Gasteiger partial charge is 0.378 e. The SMILES string of the molecule is CCOC1CC(NC(=O)Cc2c[nH]c3ncccc23)C12CCCC2. The lowest BCUT2D eigenvalue weighted by molar-refractivity contribution is -0.143. The van der Waals surface area contributed by atoms with Crippen LogP contribution >= 0.6 is 0 Å². The molecule has 2 aromatic rings. The number of amides is 1. The number of fused-ring (bicyclic) bond motifs is 1. The number of carbonyl (C=O) groups excluding carboxylic acids is 1. The molecule has 5 nitrogen and oxygen atoms in total. The van der Waals surface area contributed by atoms with Gasteiger partial charge in [0.05, 0.1) is 12.5 Å². The molecule has 0 saturated heterocycles. The van der Waals surface area contributed by atoms with Crippen molar-refractivity contribution < 1.29 is 9.53 Å². The number of hydrogen-bond donors (Lipinski definition) is 2. The molecule has 5 heteroatoms. The average molecular weight is 327 g/mol. The fourth-order valence-electron chi connectivity index (χ4n) is 4.67. The maximum atomic E-state index is 12.6. The van der Waals surface area contributed by atoms with E-state index in [0.717, 1.165) is 29.6 Å². The molecule has 2 heterocycles. The number of nitrogens with one attached hydrogen (secondary N) is 2. The van der Waals surface area contributed by atoms with Crippen molar-refractivity contribution in [3.8, 4) is 0 Å². The van der Waals surface area contributed by atoms with Gasteiger partial charge >= 0.3 is 0 Å². The van der Waals surface area contributed by atoms with Crippen LogP contribution in [0.15, 0.2) is 24.5 Å². The Labute approximate surface area is 142 Å². The highest BCUT2D eigenvalue weighted by atomic mass is 16.5. The molecule has 0 aromatic carbocycles. The number of hydrogen-bond acceptors (Lipinski definition) is 3. The van der Waals surface area contributed by atoms with E-state index in [4.69, 9.17) is 4.74 Å². The van der Waals surface area contributed by atoms with Crippen molar-refractivity contribution in [2.24, 2.45) is 5.41 Å². The zero-order chi connectivity index (χ0) is 16.6. The van der Waals surface area contributed by atoms with Crippen molar-refractivity contribution in [2.75, 3.05) is 6.61 Å². The third-order valence-corrected chi connectivity index (χ3v) is 5.91. The molecule has 2 saturated carbocycles. The summed E-state index contributed by atoms with van der Waals surface area (Å²) in [5.74, 6) is 0.103. The summed E-state index contributed by atoms with van der Waals surface area (Å²) in [4.78, 5) is 20.0. The molecule has 24 heavy (non-hydrogen) atoms. The van der Waals surface area contributed by atoms with Gasteiger partial charge in [-0.2, -0.15) is 0 Å². The number of H-pyrrole nitrogens is 1. The van der Waals surface area contributed by atoms with Gasteiger partial charge in [-0.1, -0.05) is 12.8 Å². The maximum absolute atomic E-state index is 12.6. The summed E-state index contributed by atoms with van der Waals surface area (Å²) in [7, 11) is 0. The van der Waals surface area contributed by atoms with E-state index >= 15 is 0 Å². The van der Waals surface area contributed by atoms with Gasteiger partial charge in [0.1, 0.15) is 5.65 Å². The average Bonchev–Trinajstić information content (AvgIpc) is 3.23. The minimum atomic E-state index is 0.103. The van der Waals surface area contributed by atoms with Crippen LogP contribution in [-0.2, 0) is 16.0 Å². The van der Waals surface area contributed by atoms with E-state index in [-0.39, 0.29) is 17.4 Å². The smallest absolute Gasteiger partial charge is 0.224 e. The van der Waals surface area contributed by atoms with Crippen LogP contribution in [0.4, 0.5) is 0 Å². The van der Waals surface area contributed by atoms with E-state index < -0.39 is 0 Å². The maximum Gasteiger partial charge on any atom is 0.224 e. The van der Waals surface area contributed by atoms with Crippen LogP contribution in [0.3, 0.4) is 0 Å². The molecule has 2 aromatic heterocycles. The third-order valence-electron chi connectivity index (χ3n) is 5.91. The molecular formula is C19H25N3O2. The van der Waals surface area contributed by atoms with E-state index in [0.29, 0.717) is 12.5 Å². The predicted molar refractivity (Wildman–Crippen MR) is 92.7 cm³/mol. The van der Waals surface area contributed by atoms with Gasteiger partial charge in [-0.25, -0.2) is 4.98 Å². The predicted octanol–water partition coefficient (Wildman–Crippen LogP) is 2.96. The minimum absolute atomic E-state index is 0.103. The summed E-state index contributed by atoms with van der Waals surface area (Å²) in [6.07, 6.45) is 10.2. The fourth-order valence-corrected chi connectivity index (χ4v) is 4.67. The Morgan fingerprint density at radius 2 is 2.29 bits per heavy atom. The van der Waals surface area contributed by atoms with Gasteiger partial charge in [0, 0.05) is 35.8 Å². The summed E-state index contributed by atoms with van der Waals surface area (Å²) in [5.41, 5.74) is 2.04. The Kier molecular flexibility index (Phi) is 4.04. The highest BCUT2D eigenvalue weighted by molar-refractivity contribution is 5.87. The number of rotatable bonds is 5. The van der Waals surface area contributed by atoms with Crippen molar-refractivity contribution in [3.05, 3.63) is 30.1 Å². The van der Waals surface area contributed by atoms with E-state index in [1.165, 1.54) is 25.7 Å². The molecule has 2 unspecified atom stereocenters. The highest BCUT2D eigenvalue weighted by Crippen LogP contribution is 2.54. The van der Waals surface area contributed by atoms with Crippen molar-refractivity contribution in [1.82, 2.24) is 15.3 Å². The molecule has 0 bridgehead atoms. The van der Waals surface area contributed by atoms with Crippen molar-refractivity contribution in [3.63, 3.8) is 0 Å².